The van der Waals surface area contributed by atoms with Gasteiger partial charge in [-0.3, -0.25) is 0 Å². The molecule has 3 heteroatoms. The van der Waals surface area contributed by atoms with Gasteiger partial charge in [0.05, 0.1) is 0 Å². The summed E-state index contributed by atoms with van der Waals surface area (Å²) in [5.41, 5.74) is 8.59. The van der Waals surface area contributed by atoms with Gasteiger partial charge in [0.25, 0.3) is 0 Å². The van der Waals surface area contributed by atoms with Crippen molar-refractivity contribution in [1.29, 1.82) is 0 Å². The summed E-state index contributed by atoms with van der Waals surface area (Å²) in [6, 6.07) is 8.91. The van der Waals surface area contributed by atoms with Crippen LogP contribution in [0.4, 0.5) is 5.69 Å². The van der Waals surface area contributed by atoms with E-state index in [4.69, 9.17) is 5.73 Å². The Morgan fingerprint density at radius 3 is 2.11 bits per heavy atom. The minimum atomic E-state index is 0.162. The van der Waals surface area contributed by atoms with Gasteiger partial charge in [-0.05, 0) is 44.6 Å². The molecule has 0 fully saturated rings. The van der Waals surface area contributed by atoms with E-state index in [0.717, 1.165) is 26.1 Å². The lowest BCUT2D eigenvalue weighted by molar-refractivity contribution is 0.413. The second-order valence-corrected chi connectivity index (χ2v) is 5.40. The first kappa shape index (κ1) is 16.0. The first-order chi connectivity index (χ1) is 9.08. The Morgan fingerprint density at radius 2 is 1.63 bits per heavy atom. The van der Waals surface area contributed by atoms with Crippen molar-refractivity contribution in [2.24, 2.45) is 5.73 Å². The number of anilines is 1. The summed E-state index contributed by atoms with van der Waals surface area (Å²) in [5, 5.41) is 0. The molecule has 0 aliphatic carbocycles. The molecule has 0 radical (unpaired) electrons. The maximum Gasteiger partial charge on any atom is 0.0366 e. The largest absolute Gasteiger partial charge is 0.370 e. The van der Waals surface area contributed by atoms with E-state index in [-0.39, 0.29) is 6.04 Å². The number of rotatable bonds is 8. The van der Waals surface area contributed by atoms with Gasteiger partial charge in [0, 0.05) is 31.4 Å². The molecule has 3 nitrogen and oxygen atoms in total. The molecule has 0 heterocycles. The molecule has 108 valence electrons. The SMILES string of the molecule is CCCN(CCN(C)C)c1ccc([C@@H](N)CC)cc1. The lowest BCUT2D eigenvalue weighted by Crippen LogP contribution is -2.32. The first-order valence-electron chi connectivity index (χ1n) is 7.33. The highest BCUT2D eigenvalue weighted by atomic mass is 15.2. The number of likely N-dealkylation sites (N-methyl/N-ethyl adjacent to an activating group) is 1. The van der Waals surface area contributed by atoms with Crippen molar-refractivity contribution in [3.05, 3.63) is 29.8 Å². The fraction of sp³-hybridized carbons (Fsp3) is 0.625. The van der Waals surface area contributed by atoms with Gasteiger partial charge >= 0.3 is 0 Å². The molecule has 0 saturated heterocycles. The van der Waals surface area contributed by atoms with Crippen LogP contribution in [0.2, 0.25) is 0 Å². The molecule has 0 aliphatic heterocycles. The van der Waals surface area contributed by atoms with E-state index in [1.807, 2.05) is 0 Å². The Labute approximate surface area is 118 Å². The minimum Gasteiger partial charge on any atom is -0.370 e. The number of hydrogen-bond donors (Lipinski definition) is 1. The van der Waals surface area contributed by atoms with Crippen molar-refractivity contribution < 1.29 is 0 Å². The predicted molar refractivity (Wildman–Crippen MR) is 84.7 cm³/mol. The van der Waals surface area contributed by atoms with Crippen molar-refractivity contribution in [2.45, 2.75) is 32.7 Å². The summed E-state index contributed by atoms with van der Waals surface area (Å²) >= 11 is 0. The normalized spacial score (nSPS) is 12.7. The number of hydrogen-bond acceptors (Lipinski definition) is 3. The molecule has 19 heavy (non-hydrogen) atoms. The van der Waals surface area contributed by atoms with Crippen LogP contribution in [0.25, 0.3) is 0 Å². The lowest BCUT2D eigenvalue weighted by atomic mass is 10.1. The van der Waals surface area contributed by atoms with E-state index in [1.165, 1.54) is 17.7 Å². The Morgan fingerprint density at radius 1 is 1.00 bits per heavy atom. The Hall–Kier alpha value is -1.06. The van der Waals surface area contributed by atoms with Crippen LogP contribution in [0.1, 0.15) is 38.3 Å². The smallest absolute Gasteiger partial charge is 0.0366 e. The summed E-state index contributed by atoms with van der Waals surface area (Å²) in [5.74, 6) is 0. The average Bonchev–Trinajstić information content (AvgIpc) is 2.42. The third-order valence-corrected chi connectivity index (χ3v) is 3.44. The van der Waals surface area contributed by atoms with Crippen LogP contribution in [0, 0.1) is 0 Å². The van der Waals surface area contributed by atoms with Crippen molar-refractivity contribution in [2.75, 3.05) is 38.6 Å². The zero-order valence-electron chi connectivity index (χ0n) is 12.9. The van der Waals surface area contributed by atoms with Crippen LogP contribution in [-0.4, -0.2) is 38.6 Å². The van der Waals surface area contributed by atoms with Crippen LogP contribution in [0.5, 0.6) is 0 Å². The Kier molecular flexibility index (Phi) is 6.89. The van der Waals surface area contributed by atoms with Crippen molar-refractivity contribution in [3.63, 3.8) is 0 Å². The lowest BCUT2D eigenvalue weighted by Gasteiger charge is -2.26. The number of benzene rings is 1. The van der Waals surface area contributed by atoms with Crippen molar-refractivity contribution >= 4 is 5.69 Å². The molecule has 0 amide bonds. The highest BCUT2D eigenvalue weighted by Crippen LogP contribution is 2.20. The monoisotopic (exact) mass is 263 g/mol. The summed E-state index contributed by atoms with van der Waals surface area (Å²) in [6.45, 7) is 7.60. The molecule has 1 aromatic carbocycles. The van der Waals surface area contributed by atoms with Crippen LogP contribution < -0.4 is 10.6 Å². The van der Waals surface area contributed by atoms with E-state index in [2.05, 4.69) is 62.0 Å². The highest BCUT2D eigenvalue weighted by molar-refractivity contribution is 5.48. The van der Waals surface area contributed by atoms with Crippen molar-refractivity contribution in [3.8, 4) is 0 Å². The van der Waals surface area contributed by atoms with Gasteiger partial charge < -0.3 is 15.5 Å². The van der Waals surface area contributed by atoms with E-state index in [9.17, 15) is 0 Å². The molecule has 0 bridgehead atoms. The molecule has 0 spiro atoms. The van der Waals surface area contributed by atoms with Gasteiger partial charge in [0.1, 0.15) is 0 Å². The van der Waals surface area contributed by atoms with E-state index in [0.29, 0.717) is 0 Å². The summed E-state index contributed by atoms with van der Waals surface area (Å²) in [6.07, 6.45) is 2.16. The molecule has 1 atom stereocenters. The van der Waals surface area contributed by atoms with E-state index in [1.54, 1.807) is 0 Å². The second kappa shape index (κ2) is 8.18. The molecule has 1 rings (SSSR count). The Balaban J connectivity index is 2.73. The van der Waals surface area contributed by atoms with Gasteiger partial charge in [-0.15, -0.1) is 0 Å². The highest BCUT2D eigenvalue weighted by Gasteiger charge is 2.08. The number of nitrogens with two attached hydrogens (primary N) is 1. The van der Waals surface area contributed by atoms with E-state index >= 15 is 0 Å². The van der Waals surface area contributed by atoms with Crippen LogP contribution in [0.3, 0.4) is 0 Å². The Bertz CT molecular complexity index is 346. The second-order valence-electron chi connectivity index (χ2n) is 5.40. The van der Waals surface area contributed by atoms with Crippen LogP contribution in [0.15, 0.2) is 24.3 Å². The zero-order valence-corrected chi connectivity index (χ0v) is 12.9. The maximum atomic E-state index is 6.06. The molecule has 0 aromatic heterocycles. The molecule has 1 aromatic rings. The standard InChI is InChI=1S/C16H29N3/c1-5-11-19(13-12-18(3)4)15-9-7-14(8-10-15)16(17)6-2/h7-10,16H,5-6,11-13,17H2,1-4H3/t16-/m0/s1. The number of nitrogens with zero attached hydrogens (tertiary/aromatic N) is 2. The van der Waals surface area contributed by atoms with Gasteiger partial charge in [0.15, 0.2) is 0 Å². The van der Waals surface area contributed by atoms with Gasteiger partial charge in [-0.25, -0.2) is 0 Å². The van der Waals surface area contributed by atoms with Crippen molar-refractivity contribution in [1.82, 2.24) is 4.90 Å². The third kappa shape index (κ3) is 5.21. The zero-order chi connectivity index (χ0) is 14.3. The van der Waals surface area contributed by atoms with Crippen LogP contribution in [-0.2, 0) is 0 Å². The predicted octanol–water partition coefficient (Wildman–Crippen LogP) is 2.87. The van der Waals surface area contributed by atoms with Crippen LogP contribution >= 0.6 is 0 Å². The first-order valence-corrected chi connectivity index (χ1v) is 7.33. The summed E-state index contributed by atoms with van der Waals surface area (Å²) in [4.78, 5) is 4.67. The average molecular weight is 263 g/mol. The molecule has 2 N–H and O–H groups in total. The fourth-order valence-electron chi connectivity index (χ4n) is 2.13. The van der Waals surface area contributed by atoms with Gasteiger partial charge in [-0.1, -0.05) is 26.0 Å². The molecular weight excluding hydrogens is 234 g/mol. The maximum absolute atomic E-state index is 6.06. The summed E-state index contributed by atoms with van der Waals surface area (Å²) in [7, 11) is 4.24. The topological polar surface area (TPSA) is 32.5 Å². The van der Waals surface area contributed by atoms with E-state index < -0.39 is 0 Å². The molecular formula is C16H29N3. The summed E-state index contributed by atoms with van der Waals surface area (Å²) < 4.78 is 0. The third-order valence-electron chi connectivity index (χ3n) is 3.44. The molecule has 0 saturated carbocycles. The minimum absolute atomic E-state index is 0.162. The molecule has 0 unspecified atom stereocenters. The van der Waals surface area contributed by atoms with Gasteiger partial charge in [-0.2, -0.15) is 0 Å². The van der Waals surface area contributed by atoms with Gasteiger partial charge in [0.2, 0.25) is 0 Å². The quantitative estimate of drug-likeness (QED) is 0.783. The fourth-order valence-corrected chi connectivity index (χ4v) is 2.13. The molecule has 0 aliphatic rings.